The summed E-state index contributed by atoms with van der Waals surface area (Å²) < 4.78 is 70.5. The average molecular weight is 424 g/mol. The van der Waals surface area contributed by atoms with E-state index in [0.29, 0.717) is 0 Å². The fourth-order valence-corrected chi connectivity index (χ4v) is 4.37. The van der Waals surface area contributed by atoms with Crippen molar-refractivity contribution in [3.63, 3.8) is 0 Å². The molecule has 1 fully saturated rings. The van der Waals surface area contributed by atoms with Gasteiger partial charge in [-0.1, -0.05) is 0 Å². The third kappa shape index (κ3) is 5.01. The molecule has 0 aromatic heterocycles. The number of halogens is 2. The maximum atomic E-state index is 12.5. The Morgan fingerprint density at radius 3 is 2.11 bits per heavy atom. The molecule has 1 aliphatic rings. The van der Waals surface area contributed by atoms with Crippen LogP contribution < -0.4 is 5.32 Å². The number of nitrogens with one attached hydrogen (secondary N) is 1. The number of alkyl halides is 2. The van der Waals surface area contributed by atoms with Crippen molar-refractivity contribution in [3.05, 3.63) is 29.8 Å². The summed E-state index contributed by atoms with van der Waals surface area (Å²) in [6.45, 7) is 1.52. The van der Waals surface area contributed by atoms with Crippen LogP contribution in [0.5, 0.6) is 0 Å². The Hall–Kier alpha value is -2.08. The first-order valence-corrected chi connectivity index (χ1v) is 11.2. The number of rotatable bonds is 5. The Morgan fingerprint density at radius 1 is 1.11 bits per heavy atom. The summed E-state index contributed by atoms with van der Waals surface area (Å²) >= 11 is 0. The van der Waals surface area contributed by atoms with Gasteiger partial charge >= 0.3 is 5.76 Å². The standard InChI is InChI=1S/C15H18F2N2O6S2/c1-10(14(21)19-6-8-26(22,23)9-7-19)18-13(20)11-2-4-12(5-3-11)27(24,25)15(16)17/h2-5,10,15H,6-9H2,1H3,(H,18,20). The van der Waals surface area contributed by atoms with Gasteiger partial charge in [-0.25, -0.2) is 16.8 Å². The quantitative estimate of drug-likeness (QED) is 0.714. The largest absolute Gasteiger partial charge is 0.341 e. The minimum absolute atomic E-state index is 0.0101. The van der Waals surface area contributed by atoms with Crippen molar-refractivity contribution >= 4 is 31.5 Å². The fourth-order valence-electron chi connectivity index (χ4n) is 2.45. The van der Waals surface area contributed by atoms with Gasteiger partial charge in [0.05, 0.1) is 16.4 Å². The zero-order valence-electron chi connectivity index (χ0n) is 14.3. The predicted molar refractivity (Wildman–Crippen MR) is 91.8 cm³/mol. The molecule has 0 bridgehead atoms. The molecule has 1 unspecified atom stereocenters. The third-order valence-corrected chi connectivity index (χ3v) is 7.06. The molecule has 0 spiro atoms. The van der Waals surface area contributed by atoms with Crippen LogP contribution in [0.3, 0.4) is 0 Å². The molecule has 1 atom stereocenters. The lowest BCUT2D eigenvalue weighted by Gasteiger charge is -2.29. The number of benzene rings is 1. The minimum Gasteiger partial charge on any atom is -0.341 e. The molecular weight excluding hydrogens is 406 g/mol. The van der Waals surface area contributed by atoms with Crippen LogP contribution in [0.2, 0.25) is 0 Å². The molecule has 2 rings (SSSR count). The fraction of sp³-hybridized carbons (Fsp3) is 0.467. The van der Waals surface area contributed by atoms with E-state index in [-0.39, 0.29) is 30.2 Å². The van der Waals surface area contributed by atoms with E-state index in [0.717, 1.165) is 24.3 Å². The summed E-state index contributed by atoms with van der Waals surface area (Å²) in [4.78, 5) is 25.2. The smallest absolute Gasteiger partial charge is 0.341 e. The van der Waals surface area contributed by atoms with Crippen molar-refractivity contribution in [1.29, 1.82) is 0 Å². The van der Waals surface area contributed by atoms with E-state index in [1.165, 1.54) is 11.8 Å². The molecule has 0 saturated carbocycles. The first-order chi connectivity index (χ1) is 12.4. The molecule has 12 heteroatoms. The van der Waals surface area contributed by atoms with Crippen LogP contribution in [-0.4, -0.2) is 69.9 Å². The Kier molecular flexibility index (Phi) is 6.20. The van der Waals surface area contributed by atoms with Crippen molar-refractivity contribution < 1.29 is 35.2 Å². The maximum Gasteiger partial charge on any atom is 0.341 e. The van der Waals surface area contributed by atoms with Crippen molar-refractivity contribution in [2.24, 2.45) is 0 Å². The van der Waals surface area contributed by atoms with E-state index >= 15 is 0 Å². The Morgan fingerprint density at radius 2 is 1.63 bits per heavy atom. The van der Waals surface area contributed by atoms with Gasteiger partial charge in [0.2, 0.25) is 15.7 Å². The summed E-state index contributed by atoms with van der Waals surface area (Å²) in [6.07, 6.45) is 0. The highest BCUT2D eigenvalue weighted by molar-refractivity contribution is 7.91. The van der Waals surface area contributed by atoms with Crippen molar-refractivity contribution in [1.82, 2.24) is 10.2 Å². The van der Waals surface area contributed by atoms with Gasteiger partial charge in [0.1, 0.15) is 6.04 Å². The number of carbonyl (C=O) groups is 2. The molecule has 2 amide bonds. The molecule has 1 saturated heterocycles. The lowest BCUT2D eigenvalue weighted by Crippen LogP contribution is -2.51. The second kappa shape index (κ2) is 7.89. The van der Waals surface area contributed by atoms with Crippen LogP contribution >= 0.6 is 0 Å². The van der Waals surface area contributed by atoms with E-state index in [9.17, 15) is 35.2 Å². The zero-order valence-corrected chi connectivity index (χ0v) is 15.9. The van der Waals surface area contributed by atoms with Gasteiger partial charge in [0, 0.05) is 18.7 Å². The Balaban J connectivity index is 2.01. The van der Waals surface area contributed by atoms with Crippen molar-refractivity contribution in [3.8, 4) is 0 Å². The molecule has 0 radical (unpaired) electrons. The third-order valence-electron chi connectivity index (χ3n) is 4.05. The van der Waals surface area contributed by atoms with E-state index in [2.05, 4.69) is 5.32 Å². The molecule has 0 aliphatic carbocycles. The molecule has 27 heavy (non-hydrogen) atoms. The lowest BCUT2D eigenvalue weighted by molar-refractivity contribution is -0.132. The summed E-state index contributed by atoms with van der Waals surface area (Å²) in [6, 6.07) is 2.96. The number of amides is 2. The van der Waals surface area contributed by atoms with Gasteiger partial charge < -0.3 is 10.2 Å². The van der Waals surface area contributed by atoms with E-state index in [4.69, 9.17) is 0 Å². The highest BCUT2D eigenvalue weighted by atomic mass is 32.2. The van der Waals surface area contributed by atoms with Crippen LogP contribution in [-0.2, 0) is 24.5 Å². The zero-order chi connectivity index (χ0) is 20.4. The van der Waals surface area contributed by atoms with Gasteiger partial charge in [-0.15, -0.1) is 0 Å². The van der Waals surface area contributed by atoms with E-state index in [1.54, 1.807) is 0 Å². The molecule has 1 aromatic carbocycles. The summed E-state index contributed by atoms with van der Waals surface area (Å²) in [7, 11) is -7.90. The summed E-state index contributed by atoms with van der Waals surface area (Å²) in [5.74, 6) is -4.99. The predicted octanol–water partition coefficient (Wildman–Crippen LogP) is 0.0582. The van der Waals surface area contributed by atoms with Crippen LogP contribution in [0.15, 0.2) is 29.2 Å². The van der Waals surface area contributed by atoms with Gasteiger partial charge in [-0.2, -0.15) is 8.78 Å². The summed E-state index contributed by atoms with van der Waals surface area (Å²) in [5.41, 5.74) is -0.0101. The highest BCUT2D eigenvalue weighted by Crippen LogP contribution is 2.18. The van der Waals surface area contributed by atoms with Gasteiger partial charge in [-0.3, -0.25) is 9.59 Å². The number of carbonyl (C=O) groups excluding carboxylic acids is 2. The number of nitrogens with zero attached hydrogens (tertiary/aromatic N) is 1. The normalized spacial score (nSPS) is 18.1. The van der Waals surface area contributed by atoms with Crippen LogP contribution in [0.4, 0.5) is 8.78 Å². The van der Waals surface area contributed by atoms with Gasteiger partial charge in [0.15, 0.2) is 9.84 Å². The van der Waals surface area contributed by atoms with E-state index in [1.807, 2.05) is 0 Å². The highest BCUT2D eigenvalue weighted by Gasteiger charge is 2.29. The molecule has 1 aromatic rings. The number of sulfone groups is 2. The number of hydrogen-bond acceptors (Lipinski definition) is 6. The van der Waals surface area contributed by atoms with Crippen LogP contribution in [0.25, 0.3) is 0 Å². The first-order valence-electron chi connectivity index (χ1n) is 7.86. The number of hydrogen-bond donors (Lipinski definition) is 1. The first kappa shape index (κ1) is 21.2. The molecular formula is C15H18F2N2O6S2. The monoisotopic (exact) mass is 424 g/mol. The lowest BCUT2D eigenvalue weighted by atomic mass is 10.2. The molecule has 8 nitrogen and oxygen atoms in total. The van der Waals surface area contributed by atoms with Gasteiger partial charge in [0.25, 0.3) is 5.91 Å². The maximum absolute atomic E-state index is 12.5. The Bertz CT molecular complexity index is 916. The Labute approximate surface area is 155 Å². The minimum atomic E-state index is -4.75. The second-order valence-corrected chi connectivity index (χ2v) is 10.2. The SMILES string of the molecule is CC(NC(=O)c1ccc(S(=O)(=O)C(F)F)cc1)C(=O)N1CCS(=O)(=O)CC1. The topological polar surface area (TPSA) is 118 Å². The second-order valence-electron chi connectivity index (χ2n) is 6.00. The van der Waals surface area contributed by atoms with Crippen molar-refractivity contribution in [2.75, 3.05) is 24.6 Å². The molecule has 150 valence electrons. The average Bonchev–Trinajstić information content (AvgIpc) is 2.61. The summed E-state index contributed by atoms with van der Waals surface area (Å²) in [5, 5.41) is 2.42. The van der Waals surface area contributed by atoms with Crippen LogP contribution in [0.1, 0.15) is 17.3 Å². The van der Waals surface area contributed by atoms with Crippen LogP contribution in [0, 0.1) is 0 Å². The van der Waals surface area contributed by atoms with Crippen molar-refractivity contribution in [2.45, 2.75) is 23.6 Å². The molecule has 1 aliphatic heterocycles. The van der Waals surface area contributed by atoms with E-state index < -0.39 is 48.2 Å². The van der Waals surface area contributed by atoms with Gasteiger partial charge in [-0.05, 0) is 31.2 Å². The molecule has 1 N–H and O–H groups in total. The molecule has 1 heterocycles.